The number of benzene rings is 1. The van der Waals surface area contributed by atoms with Crippen molar-refractivity contribution in [2.75, 3.05) is 7.05 Å². The first kappa shape index (κ1) is 12.6. The molecule has 0 amide bonds. The minimum atomic E-state index is 0.432. The Labute approximate surface area is 115 Å². The van der Waals surface area contributed by atoms with Gasteiger partial charge in [-0.1, -0.05) is 19.1 Å². The summed E-state index contributed by atoms with van der Waals surface area (Å²) in [5.41, 5.74) is 2.42. The van der Waals surface area contributed by atoms with Crippen LogP contribution in [0.15, 0.2) is 36.7 Å². The SMILES string of the molecule is CCC(NC)c1ccc(-n2cc(I)cn2)cc1. The lowest BCUT2D eigenvalue weighted by atomic mass is 10.0. The second kappa shape index (κ2) is 5.64. The highest BCUT2D eigenvalue weighted by molar-refractivity contribution is 14.1. The highest BCUT2D eigenvalue weighted by Gasteiger charge is 2.06. The molecule has 0 aliphatic heterocycles. The summed E-state index contributed by atoms with van der Waals surface area (Å²) in [4.78, 5) is 0. The highest BCUT2D eigenvalue weighted by Crippen LogP contribution is 2.18. The summed E-state index contributed by atoms with van der Waals surface area (Å²) in [7, 11) is 2.00. The molecule has 1 N–H and O–H groups in total. The predicted octanol–water partition coefficient (Wildman–Crippen LogP) is 3.15. The van der Waals surface area contributed by atoms with Crippen molar-refractivity contribution in [2.24, 2.45) is 0 Å². The van der Waals surface area contributed by atoms with Crippen LogP contribution in [0.1, 0.15) is 24.9 Å². The van der Waals surface area contributed by atoms with Gasteiger partial charge in [-0.2, -0.15) is 5.10 Å². The zero-order valence-corrected chi connectivity index (χ0v) is 12.2. The van der Waals surface area contributed by atoms with Gasteiger partial charge in [-0.3, -0.25) is 0 Å². The zero-order valence-electron chi connectivity index (χ0n) is 10.0. The molecule has 17 heavy (non-hydrogen) atoms. The van der Waals surface area contributed by atoms with Crippen LogP contribution in [0.4, 0.5) is 0 Å². The maximum absolute atomic E-state index is 4.29. The standard InChI is InChI=1S/C13H16IN3/c1-3-13(15-2)10-4-6-12(7-5-10)17-9-11(14)8-16-17/h4-9,13,15H,3H2,1-2H3. The topological polar surface area (TPSA) is 29.9 Å². The number of rotatable bonds is 4. The number of aromatic nitrogens is 2. The normalized spacial score (nSPS) is 12.6. The molecule has 0 aliphatic carbocycles. The van der Waals surface area contributed by atoms with E-state index in [2.05, 4.69) is 64.2 Å². The average molecular weight is 341 g/mol. The summed E-state index contributed by atoms with van der Waals surface area (Å²) in [5, 5.41) is 7.60. The van der Waals surface area contributed by atoms with Gasteiger partial charge in [-0.05, 0) is 53.8 Å². The predicted molar refractivity (Wildman–Crippen MR) is 78.4 cm³/mol. The molecule has 0 saturated heterocycles. The first-order chi connectivity index (χ1) is 8.24. The Bertz CT molecular complexity index is 472. The van der Waals surface area contributed by atoms with Crippen LogP contribution in [0.25, 0.3) is 5.69 Å². The molecule has 1 unspecified atom stereocenters. The van der Waals surface area contributed by atoms with Gasteiger partial charge >= 0.3 is 0 Å². The van der Waals surface area contributed by atoms with Crippen LogP contribution in [-0.4, -0.2) is 16.8 Å². The van der Waals surface area contributed by atoms with Crippen molar-refractivity contribution >= 4 is 22.6 Å². The molecule has 0 bridgehead atoms. The molecule has 0 radical (unpaired) electrons. The number of hydrogen-bond donors (Lipinski definition) is 1. The van der Waals surface area contributed by atoms with Gasteiger partial charge in [-0.25, -0.2) is 4.68 Å². The van der Waals surface area contributed by atoms with Crippen LogP contribution in [0.5, 0.6) is 0 Å². The van der Waals surface area contributed by atoms with Gasteiger partial charge in [-0.15, -0.1) is 0 Å². The van der Waals surface area contributed by atoms with Gasteiger partial charge in [0.2, 0.25) is 0 Å². The Kier molecular flexibility index (Phi) is 4.17. The summed E-state index contributed by atoms with van der Waals surface area (Å²) in [6.07, 6.45) is 4.97. The lowest BCUT2D eigenvalue weighted by Crippen LogP contribution is -2.15. The van der Waals surface area contributed by atoms with E-state index < -0.39 is 0 Å². The van der Waals surface area contributed by atoms with Crippen LogP contribution in [0, 0.1) is 3.57 Å². The summed E-state index contributed by atoms with van der Waals surface area (Å²) in [6.45, 7) is 2.19. The molecule has 0 spiro atoms. The Morgan fingerprint density at radius 3 is 2.53 bits per heavy atom. The van der Waals surface area contributed by atoms with E-state index in [-0.39, 0.29) is 0 Å². The molecular weight excluding hydrogens is 325 g/mol. The quantitative estimate of drug-likeness (QED) is 0.866. The lowest BCUT2D eigenvalue weighted by molar-refractivity contribution is 0.577. The lowest BCUT2D eigenvalue weighted by Gasteiger charge is -2.14. The fourth-order valence-electron chi connectivity index (χ4n) is 1.91. The molecule has 1 aromatic heterocycles. The van der Waals surface area contributed by atoms with Crippen molar-refractivity contribution in [1.82, 2.24) is 15.1 Å². The molecule has 1 aromatic carbocycles. The zero-order chi connectivity index (χ0) is 12.3. The fourth-order valence-corrected chi connectivity index (χ4v) is 2.30. The fraction of sp³-hybridized carbons (Fsp3) is 0.308. The third-order valence-electron chi connectivity index (χ3n) is 2.87. The van der Waals surface area contributed by atoms with Crippen molar-refractivity contribution in [3.8, 4) is 5.69 Å². The van der Waals surface area contributed by atoms with Gasteiger partial charge in [0.1, 0.15) is 0 Å². The maximum atomic E-state index is 4.29. The van der Waals surface area contributed by atoms with Gasteiger partial charge in [0.05, 0.1) is 15.5 Å². The van der Waals surface area contributed by atoms with Crippen molar-refractivity contribution in [3.63, 3.8) is 0 Å². The minimum absolute atomic E-state index is 0.432. The van der Waals surface area contributed by atoms with E-state index in [4.69, 9.17) is 0 Å². The molecule has 0 fully saturated rings. The van der Waals surface area contributed by atoms with E-state index in [0.717, 1.165) is 15.7 Å². The van der Waals surface area contributed by atoms with E-state index in [1.807, 2.05) is 24.1 Å². The Hall–Kier alpha value is -0.880. The van der Waals surface area contributed by atoms with E-state index in [0.29, 0.717) is 6.04 Å². The second-order valence-electron chi connectivity index (χ2n) is 3.94. The minimum Gasteiger partial charge on any atom is -0.313 e. The van der Waals surface area contributed by atoms with Gasteiger partial charge in [0, 0.05) is 12.2 Å². The molecule has 3 nitrogen and oxygen atoms in total. The van der Waals surface area contributed by atoms with Crippen molar-refractivity contribution in [2.45, 2.75) is 19.4 Å². The maximum Gasteiger partial charge on any atom is 0.0646 e. The Morgan fingerprint density at radius 2 is 2.06 bits per heavy atom. The molecular formula is C13H16IN3. The number of nitrogens with one attached hydrogen (secondary N) is 1. The number of halogens is 1. The number of nitrogens with zero attached hydrogens (tertiary/aromatic N) is 2. The van der Waals surface area contributed by atoms with Crippen molar-refractivity contribution in [1.29, 1.82) is 0 Å². The first-order valence-electron chi connectivity index (χ1n) is 5.72. The van der Waals surface area contributed by atoms with Gasteiger partial charge < -0.3 is 5.32 Å². The van der Waals surface area contributed by atoms with Crippen LogP contribution < -0.4 is 5.32 Å². The second-order valence-corrected chi connectivity index (χ2v) is 5.19. The van der Waals surface area contributed by atoms with Crippen molar-refractivity contribution in [3.05, 3.63) is 45.8 Å². The van der Waals surface area contributed by atoms with Crippen LogP contribution in [0.2, 0.25) is 0 Å². The molecule has 1 heterocycles. The average Bonchev–Trinajstić information content (AvgIpc) is 2.78. The summed E-state index contributed by atoms with van der Waals surface area (Å²) in [5.74, 6) is 0. The van der Waals surface area contributed by atoms with E-state index in [1.54, 1.807) is 0 Å². The summed E-state index contributed by atoms with van der Waals surface area (Å²) >= 11 is 2.26. The smallest absolute Gasteiger partial charge is 0.0646 e. The van der Waals surface area contributed by atoms with Crippen LogP contribution in [-0.2, 0) is 0 Å². The third-order valence-corrected chi connectivity index (χ3v) is 3.42. The third kappa shape index (κ3) is 2.87. The van der Waals surface area contributed by atoms with Gasteiger partial charge in [0.25, 0.3) is 0 Å². The largest absolute Gasteiger partial charge is 0.313 e. The summed E-state index contributed by atoms with van der Waals surface area (Å²) in [6, 6.07) is 8.97. The van der Waals surface area contributed by atoms with E-state index >= 15 is 0 Å². The Morgan fingerprint density at radius 1 is 1.35 bits per heavy atom. The molecule has 1 atom stereocenters. The molecule has 2 aromatic rings. The van der Waals surface area contributed by atoms with E-state index in [9.17, 15) is 0 Å². The molecule has 4 heteroatoms. The number of hydrogen-bond acceptors (Lipinski definition) is 2. The van der Waals surface area contributed by atoms with Gasteiger partial charge in [0.15, 0.2) is 0 Å². The van der Waals surface area contributed by atoms with E-state index in [1.165, 1.54) is 5.56 Å². The summed E-state index contributed by atoms with van der Waals surface area (Å²) < 4.78 is 3.04. The van der Waals surface area contributed by atoms with Crippen LogP contribution >= 0.6 is 22.6 Å². The molecule has 0 saturated carbocycles. The van der Waals surface area contributed by atoms with Crippen molar-refractivity contribution < 1.29 is 0 Å². The monoisotopic (exact) mass is 341 g/mol. The Balaban J connectivity index is 2.23. The van der Waals surface area contributed by atoms with Crippen LogP contribution in [0.3, 0.4) is 0 Å². The first-order valence-corrected chi connectivity index (χ1v) is 6.80. The molecule has 90 valence electrons. The molecule has 0 aliphatic rings. The highest BCUT2D eigenvalue weighted by atomic mass is 127. The molecule has 2 rings (SSSR count).